The molecule has 1 aromatic carbocycles. The highest BCUT2D eigenvalue weighted by Crippen LogP contribution is 2.20. The molecule has 0 aliphatic rings. The molecule has 0 unspecified atom stereocenters. The SMILES string of the molecule is Cc1ccc2c(c1)cc(C)n2CC(=O)[O-]. The van der Waals surface area contributed by atoms with E-state index >= 15 is 0 Å². The summed E-state index contributed by atoms with van der Waals surface area (Å²) < 4.78 is 1.75. The summed E-state index contributed by atoms with van der Waals surface area (Å²) in [5, 5.41) is 11.7. The molecule has 0 atom stereocenters. The van der Waals surface area contributed by atoms with Gasteiger partial charge in [-0.2, -0.15) is 0 Å². The fourth-order valence-electron chi connectivity index (χ4n) is 1.87. The van der Waals surface area contributed by atoms with E-state index in [9.17, 15) is 9.90 Å². The van der Waals surface area contributed by atoms with E-state index in [1.54, 1.807) is 4.57 Å². The van der Waals surface area contributed by atoms with Gasteiger partial charge in [-0.25, -0.2) is 0 Å². The Bertz CT molecular complexity index is 526. The van der Waals surface area contributed by atoms with Crippen LogP contribution in [0.2, 0.25) is 0 Å². The summed E-state index contributed by atoms with van der Waals surface area (Å²) in [6.07, 6.45) is 0. The van der Waals surface area contributed by atoms with Gasteiger partial charge >= 0.3 is 0 Å². The first kappa shape index (κ1) is 9.77. The minimum atomic E-state index is -1.06. The van der Waals surface area contributed by atoms with E-state index in [4.69, 9.17) is 0 Å². The summed E-state index contributed by atoms with van der Waals surface area (Å²) >= 11 is 0. The molecule has 3 heteroatoms. The van der Waals surface area contributed by atoms with E-state index < -0.39 is 5.97 Å². The topological polar surface area (TPSA) is 45.1 Å². The number of carbonyl (C=O) groups is 1. The largest absolute Gasteiger partial charge is 0.548 e. The third kappa shape index (κ3) is 1.73. The lowest BCUT2D eigenvalue weighted by Crippen LogP contribution is -2.27. The number of hydrogen-bond donors (Lipinski definition) is 0. The van der Waals surface area contributed by atoms with Crippen LogP contribution in [0, 0.1) is 13.8 Å². The summed E-state index contributed by atoms with van der Waals surface area (Å²) in [4.78, 5) is 10.6. The second-order valence-electron chi connectivity index (χ2n) is 3.81. The van der Waals surface area contributed by atoms with Crippen molar-refractivity contribution in [1.82, 2.24) is 4.57 Å². The lowest BCUT2D eigenvalue weighted by Gasteiger charge is -2.08. The van der Waals surface area contributed by atoms with Gasteiger partial charge < -0.3 is 14.5 Å². The molecule has 0 spiro atoms. The van der Waals surface area contributed by atoms with Crippen LogP contribution in [-0.4, -0.2) is 10.5 Å². The van der Waals surface area contributed by atoms with Crippen molar-refractivity contribution >= 4 is 16.9 Å². The average Bonchev–Trinajstić information content (AvgIpc) is 2.41. The monoisotopic (exact) mass is 202 g/mol. The fraction of sp³-hybridized carbons (Fsp3) is 0.250. The average molecular weight is 202 g/mol. The normalized spacial score (nSPS) is 10.8. The molecule has 78 valence electrons. The van der Waals surface area contributed by atoms with Gasteiger partial charge in [-0.15, -0.1) is 0 Å². The lowest BCUT2D eigenvalue weighted by atomic mass is 10.2. The molecule has 0 N–H and O–H groups in total. The van der Waals surface area contributed by atoms with Crippen LogP contribution in [0.1, 0.15) is 11.3 Å². The third-order valence-electron chi connectivity index (χ3n) is 2.55. The highest BCUT2D eigenvalue weighted by molar-refractivity contribution is 5.83. The fourth-order valence-corrected chi connectivity index (χ4v) is 1.87. The zero-order valence-electron chi connectivity index (χ0n) is 8.78. The smallest absolute Gasteiger partial charge is 0.0624 e. The molecule has 0 saturated carbocycles. The molecule has 1 aromatic heterocycles. The number of rotatable bonds is 2. The van der Waals surface area contributed by atoms with Gasteiger partial charge in [0.2, 0.25) is 0 Å². The maximum Gasteiger partial charge on any atom is 0.0624 e. The highest BCUT2D eigenvalue weighted by Gasteiger charge is 2.05. The van der Waals surface area contributed by atoms with Gasteiger partial charge in [0.25, 0.3) is 0 Å². The number of carboxylic acid groups (broad SMARTS) is 1. The van der Waals surface area contributed by atoms with Gasteiger partial charge in [0, 0.05) is 16.6 Å². The summed E-state index contributed by atoms with van der Waals surface area (Å²) in [7, 11) is 0. The van der Waals surface area contributed by atoms with E-state index in [0.717, 1.165) is 16.6 Å². The molecular formula is C12H12NO2-. The number of carbonyl (C=O) groups excluding carboxylic acids is 1. The Balaban J connectivity index is 2.63. The number of aromatic nitrogens is 1. The number of benzene rings is 1. The van der Waals surface area contributed by atoms with Gasteiger partial charge in [0.1, 0.15) is 0 Å². The minimum Gasteiger partial charge on any atom is -0.548 e. The van der Waals surface area contributed by atoms with Crippen molar-refractivity contribution in [1.29, 1.82) is 0 Å². The molecule has 0 amide bonds. The summed E-state index contributed by atoms with van der Waals surface area (Å²) in [5.41, 5.74) is 3.07. The number of hydrogen-bond acceptors (Lipinski definition) is 2. The number of aliphatic carboxylic acids is 1. The molecule has 2 aromatic rings. The number of fused-ring (bicyclic) bond motifs is 1. The number of aryl methyl sites for hydroxylation is 2. The molecule has 0 radical (unpaired) electrons. The first-order valence-electron chi connectivity index (χ1n) is 4.84. The van der Waals surface area contributed by atoms with Gasteiger partial charge in [0.05, 0.1) is 12.5 Å². The minimum absolute atomic E-state index is 0.0849. The first-order valence-corrected chi connectivity index (χ1v) is 4.84. The molecule has 3 nitrogen and oxygen atoms in total. The van der Waals surface area contributed by atoms with Crippen LogP contribution in [-0.2, 0) is 11.3 Å². The van der Waals surface area contributed by atoms with E-state index in [1.165, 1.54) is 5.56 Å². The van der Waals surface area contributed by atoms with Crippen LogP contribution < -0.4 is 5.11 Å². The predicted molar refractivity (Wildman–Crippen MR) is 56.4 cm³/mol. The second-order valence-corrected chi connectivity index (χ2v) is 3.81. The van der Waals surface area contributed by atoms with E-state index in [-0.39, 0.29) is 6.54 Å². The molecule has 0 bridgehead atoms. The summed E-state index contributed by atoms with van der Waals surface area (Å²) in [6.45, 7) is 3.83. The Morgan fingerprint density at radius 2 is 2.07 bits per heavy atom. The van der Waals surface area contributed by atoms with Crippen LogP contribution >= 0.6 is 0 Å². The van der Waals surface area contributed by atoms with Crippen LogP contribution in [0.3, 0.4) is 0 Å². The second kappa shape index (κ2) is 3.42. The molecular weight excluding hydrogens is 190 g/mol. The molecule has 1 heterocycles. The van der Waals surface area contributed by atoms with Crippen molar-refractivity contribution in [3.8, 4) is 0 Å². The predicted octanol–water partition coefficient (Wildman–Crippen LogP) is 1.01. The Morgan fingerprint density at radius 3 is 2.73 bits per heavy atom. The Kier molecular flexibility index (Phi) is 2.23. The zero-order valence-corrected chi connectivity index (χ0v) is 8.78. The number of carboxylic acids is 1. The van der Waals surface area contributed by atoms with Crippen LogP contribution in [0.15, 0.2) is 24.3 Å². The summed E-state index contributed by atoms with van der Waals surface area (Å²) in [5.74, 6) is -1.06. The molecule has 0 aliphatic carbocycles. The van der Waals surface area contributed by atoms with E-state index in [2.05, 4.69) is 0 Å². The van der Waals surface area contributed by atoms with E-state index in [1.807, 2.05) is 38.1 Å². The van der Waals surface area contributed by atoms with E-state index in [0.29, 0.717) is 0 Å². The van der Waals surface area contributed by atoms with Crippen LogP contribution in [0.4, 0.5) is 0 Å². The van der Waals surface area contributed by atoms with Gasteiger partial charge in [-0.3, -0.25) is 0 Å². The molecule has 2 rings (SSSR count). The maximum atomic E-state index is 10.6. The van der Waals surface area contributed by atoms with Crippen molar-refractivity contribution in [3.05, 3.63) is 35.5 Å². The lowest BCUT2D eigenvalue weighted by molar-refractivity contribution is -0.306. The standard InChI is InChI=1S/C12H13NO2/c1-8-3-4-11-10(5-8)6-9(2)13(11)7-12(14)15/h3-6H,7H2,1-2H3,(H,14,15)/p-1. The van der Waals surface area contributed by atoms with Gasteiger partial charge in [-0.05, 0) is 32.0 Å². The zero-order chi connectivity index (χ0) is 11.0. The Hall–Kier alpha value is -1.77. The van der Waals surface area contributed by atoms with Crippen molar-refractivity contribution in [3.63, 3.8) is 0 Å². The Labute approximate surface area is 87.9 Å². The third-order valence-corrected chi connectivity index (χ3v) is 2.55. The highest BCUT2D eigenvalue weighted by atomic mass is 16.4. The first-order chi connectivity index (χ1) is 7.08. The van der Waals surface area contributed by atoms with Crippen molar-refractivity contribution < 1.29 is 9.90 Å². The van der Waals surface area contributed by atoms with Crippen molar-refractivity contribution in [2.45, 2.75) is 20.4 Å². The van der Waals surface area contributed by atoms with Gasteiger partial charge in [-0.1, -0.05) is 11.6 Å². The van der Waals surface area contributed by atoms with Crippen molar-refractivity contribution in [2.24, 2.45) is 0 Å². The molecule has 0 fully saturated rings. The van der Waals surface area contributed by atoms with Crippen LogP contribution in [0.25, 0.3) is 10.9 Å². The van der Waals surface area contributed by atoms with Gasteiger partial charge in [0.15, 0.2) is 0 Å². The number of nitrogens with zero attached hydrogens (tertiary/aromatic N) is 1. The van der Waals surface area contributed by atoms with Crippen LogP contribution in [0.5, 0.6) is 0 Å². The Morgan fingerprint density at radius 1 is 1.33 bits per heavy atom. The molecule has 0 saturated heterocycles. The maximum absolute atomic E-state index is 10.6. The van der Waals surface area contributed by atoms with Crippen molar-refractivity contribution in [2.75, 3.05) is 0 Å². The molecule has 15 heavy (non-hydrogen) atoms. The quantitative estimate of drug-likeness (QED) is 0.729. The summed E-state index contributed by atoms with van der Waals surface area (Å²) in [6, 6.07) is 7.97. The molecule has 0 aliphatic heterocycles.